The quantitative estimate of drug-likeness (QED) is 0.687. The third-order valence-corrected chi connectivity index (χ3v) is 3.85. The lowest BCUT2D eigenvalue weighted by Crippen LogP contribution is -2.38. The number of hydrogen-bond donors (Lipinski definition) is 2. The molecular formula is C19H24N2O4S. The summed E-state index contributed by atoms with van der Waals surface area (Å²) in [7, 11) is 1.61. The van der Waals surface area contributed by atoms with E-state index < -0.39 is 0 Å². The maximum atomic E-state index is 11.9. The highest BCUT2D eigenvalue weighted by atomic mass is 32.1. The molecule has 0 atom stereocenters. The van der Waals surface area contributed by atoms with Crippen molar-refractivity contribution in [3.63, 3.8) is 0 Å². The van der Waals surface area contributed by atoms with Crippen molar-refractivity contribution in [1.82, 2.24) is 10.6 Å². The minimum absolute atomic E-state index is 0.207. The zero-order valence-corrected chi connectivity index (χ0v) is 16.0. The van der Waals surface area contributed by atoms with Gasteiger partial charge in [0.25, 0.3) is 5.91 Å². The Bertz CT molecular complexity index is 729. The molecule has 0 unspecified atom stereocenters. The summed E-state index contributed by atoms with van der Waals surface area (Å²) in [6.45, 7) is 5.40. The van der Waals surface area contributed by atoms with Crippen LogP contribution in [-0.4, -0.2) is 24.7 Å². The average Bonchev–Trinajstić information content (AvgIpc) is 3.15. The van der Waals surface area contributed by atoms with Crippen LogP contribution in [0.1, 0.15) is 36.4 Å². The Morgan fingerprint density at radius 3 is 2.73 bits per heavy atom. The van der Waals surface area contributed by atoms with E-state index in [1.54, 1.807) is 19.2 Å². The maximum Gasteiger partial charge on any atom is 0.293 e. The molecule has 1 amide bonds. The summed E-state index contributed by atoms with van der Waals surface area (Å²) in [5, 5.41) is 5.77. The third kappa shape index (κ3) is 6.07. The molecule has 0 bridgehead atoms. The van der Waals surface area contributed by atoms with Gasteiger partial charge in [0, 0.05) is 6.54 Å². The molecule has 2 aromatic rings. The van der Waals surface area contributed by atoms with E-state index in [1.165, 1.54) is 6.26 Å². The van der Waals surface area contributed by atoms with Crippen LogP contribution in [-0.2, 0) is 6.54 Å². The molecule has 0 saturated heterocycles. The number of hydrogen-bond acceptors (Lipinski definition) is 5. The van der Waals surface area contributed by atoms with Crippen molar-refractivity contribution in [2.75, 3.05) is 13.7 Å². The van der Waals surface area contributed by atoms with Gasteiger partial charge in [-0.3, -0.25) is 10.1 Å². The normalized spacial score (nSPS) is 10.5. The van der Waals surface area contributed by atoms with E-state index in [9.17, 15) is 4.79 Å². The van der Waals surface area contributed by atoms with Crippen molar-refractivity contribution < 1.29 is 18.7 Å². The number of nitrogens with one attached hydrogen (secondary N) is 2. The molecule has 0 aliphatic heterocycles. The molecule has 2 rings (SSSR count). The summed E-state index contributed by atoms with van der Waals surface area (Å²) in [6, 6.07) is 8.90. The van der Waals surface area contributed by atoms with Gasteiger partial charge in [-0.25, -0.2) is 0 Å². The Labute approximate surface area is 158 Å². The van der Waals surface area contributed by atoms with Crippen LogP contribution < -0.4 is 20.1 Å². The molecule has 140 valence electrons. The molecule has 1 aromatic heterocycles. The molecular weight excluding hydrogens is 352 g/mol. The Morgan fingerprint density at radius 1 is 1.27 bits per heavy atom. The SMILES string of the molecule is COc1cc(CNC(=S)NC(=O)c2ccco2)ccc1OCCC(C)C. The summed E-state index contributed by atoms with van der Waals surface area (Å²) >= 11 is 5.13. The first-order valence-electron chi connectivity index (χ1n) is 8.42. The van der Waals surface area contributed by atoms with E-state index in [1.807, 2.05) is 18.2 Å². The Kier molecular flexibility index (Phi) is 7.47. The zero-order valence-electron chi connectivity index (χ0n) is 15.2. The van der Waals surface area contributed by atoms with Crippen molar-refractivity contribution in [3.05, 3.63) is 47.9 Å². The van der Waals surface area contributed by atoms with Crippen LogP contribution >= 0.6 is 12.2 Å². The van der Waals surface area contributed by atoms with Crippen LogP contribution in [0.5, 0.6) is 11.5 Å². The second kappa shape index (κ2) is 9.82. The highest BCUT2D eigenvalue weighted by Gasteiger charge is 2.11. The van der Waals surface area contributed by atoms with E-state index in [0.717, 1.165) is 12.0 Å². The van der Waals surface area contributed by atoms with Gasteiger partial charge in [0.15, 0.2) is 22.4 Å². The topological polar surface area (TPSA) is 72.7 Å². The lowest BCUT2D eigenvalue weighted by Gasteiger charge is -2.14. The van der Waals surface area contributed by atoms with Crippen LogP contribution in [0.15, 0.2) is 41.0 Å². The number of ether oxygens (including phenoxy) is 2. The van der Waals surface area contributed by atoms with E-state index in [-0.39, 0.29) is 16.8 Å². The summed E-state index contributed by atoms with van der Waals surface area (Å²) < 4.78 is 16.2. The number of furan rings is 1. The number of benzene rings is 1. The smallest absolute Gasteiger partial charge is 0.293 e. The minimum Gasteiger partial charge on any atom is -0.493 e. The Morgan fingerprint density at radius 2 is 2.08 bits per heavy atom. The second-order valence-electron chi connectivity index (χ2n) is 6.13. The van der Waals surface area contributed by atoms with Gasteiger partial charge in [0.1, 0.15) is 0 Å². The first kappa shape index (κ1) is 19.8. The summed E-state index contributed by atoms with van der Waals surface area (Å²) in [5.74, 6) is 1.78. The van der Waals surface area contributed by atoms with Crippen molar-refractivity contribution >= 4 is 23.2 Å². The van der Waals surface area contributed by atoms with Gasteiger partial charge in [0.05, 0.1) is 20.0 Å². The number of amides is 1. The monoisotopic (exact) mass is 376 g/mol. The zero-order chi connectivity index (χ0) is 18.9. The van der Waals surface area contributed by atoms with Crippen LogP contribution in [0.25, 0.3) is 0 Å². The Balaban J connectivity index is 1.86. The first-order valence-corrected chi connectivity index (χ1v) is 8.82. The molecule has 0 fully saturated rings. The molecule has 0 spiro atoms. The summed E-state index contributed by atoms with van der Waals surface area (Å²) in [6.07, 6.45) is 2.42. The van der Waals surface area contributed by atoms with Gasteiger partial charge < -0.3 is 19.2 Å². The number of rotatable bonds is 8. The van der Waals surface area contributed by atoms with E-state index in [2.05, 4.69) is 24.5 Å². The van der Waals surface area contributed by atoms with E-state index in [4.69, 9.17) is 26.1 Å². The van der Waals surface area contributed by atoms with Gasteiger partial charge >= 0.3 is 0 Å². The van der Waals surface area contributed by atoms with Crippen molar-refractivity contribution in [2.24, 2.45) is 5.92 Å². The third-order valence-electron chi connectivity index (χ3n) is 3.61. The molecule has 2 N–H and O–H groups in total. The van der Waals surface area contributed by atoms with Gasteiger partial charge in [-0.05, 0) is 54.4 Å². The van der Waals surface area contributed by atoms with Crippen LogP contribution in [0.2, 0.25) is 0 Å². The molecule has 0 radical (unpaired) electrons. The predicted octanol–water partition coefficient (Wildman–Crippen LogP) is 3.52. The van der Waals surface area contributed by atoms with Gasteiger partial charge in [-0.1, -0.05) is 19.9 Å². The molecule has 26 heavy (non-hydrogen) atoms. The fraction of sp³-hybridized carbons (Fsp3) is 0.368. The van der Waals surface area contributed by atoms with E-state index >= 15 is 0 Å². The highest BCUT2D eigenvalue weighted by molar-refractivity contribution is 7.80. The first-order chi connectivity index (χ1) is 12.5. The van der Waals surface area contributed by atoms with Gasteiger partial charge in [-0.15, -0.1) is 0 Å². The lowest BCUT2D eigenvalue weighted by atomic mass is 10.1. The fourth-order valence-electron chi connectivity index (χ4n) is 2.14. The summed E-state index contributed by atoms with van der Waals surface area (Å²) in [5.41, 5.74) is 0.952. The molecule has 0 aliphatic rings. The molecule has 1 heterocycles. The van der Waals surface area contributed by atoms with Gasteiger partial charge in [-0.2, -0.15) is 0 Å². The number of carbonyl (C=O) groups is 1. The van der Waals surface area contributed by atoms with Crippen molar-refractivity contribution in [3.8, 4) is 11.5 Å². The molecule has 6 nitrogen and oxygen atoms in total. The molecule has 7 heteroatoms. The molecule has 1 aromatic carbocycles. The average molecular weight is 376 g/mol. The minimum atomic E-state index is -0.390. The van der Waals surface area contributed by atoms with E-state index in [0.29, 0.717) is 30.6 Å². The fourth-order valence-corrected chi connectivity index (χ4v) is 2.31. The standard InChI is InChI=1S/C19H24N2O4S/c1-13(2)8-10-25-15-7-6-14(11-17(15)23-3)12-20-19(26)21-18(22)16-5-4-9-24-16/h4-7,9,11,13H,8,10,12H2,1-3H3,(H2,20,21,22,26). The van der Waals surface area contributed by atoms with Crippen molar-refractivity contribution in [2.45, 2.75) is 26.8 Å². The van der Waals surface area contributed by atoms with Gasteiger partial charge in [0.2, 0.25) is 0 Å². The maximum absolute atomic E-state index is 11.9. The lowest BCUT2D eigenvalue weighted by molar-refractivity contribution is 0.0949. The van der Waals surface area contributed by atoms with Crippen LogP contribution in [0, 0.1) is 5.92 Å². The summed E-state index contributed by atoms with van der Waals surface area (Å²) in [4.78, 5) is 11.9. The number of carbonyl (C=O) groups excluding carboxylic acids is 1. The predicted molar refractivity (Wildman–Crippen MR) is 104 cm³/mol. The largest absolute Gasteiger partial charge is 0.493 e. The highest BCUT2D eigenvalue weighted by Crippen LogP contribution is 2.28. The van der Waals surface area contributed by atoms with Crippen LogP contribution in [0.4, 0.5) is 0 Å². The number of methoxy groups -OCH3 is 1. The number of thiocarbonyl (C=S) groups is 1. The van der Waals surface area contributed by atoms with Crippen LogP contribution in [0.3, 0.4) is 0 Å². The van der Waals surface area contributed by atoms with Crippen molar-refractivity contribution in [1.29, 1.82) is 0 Å². The molecule has 0 saturated carbocycles. The Hall–Kier alpha value is -2.54. The second-order valence-corrected chi connectivity index (χ2v) is 6.54. The molecule has 0 aliphatic carbocycles.